The number of pyridine rings is 1. The summed E-state index contributed by atoms with van der Waals surface area (Å²) in [5.41, 5.74) is 1.72. The fourth-order valence-electron chi connectivity index (χ4n) is 3.29. The lowest BCUT2D eigenvalue weighted by molar-refractivity contribution is 0.275. The van der Waals surface area contributed by atoms with E-state index in [4.69, 9.17) is 5.26 Å². The van der Waals surface area contributed by atoms with Gasteiger partial charge in [0.2, 0.25) is 0 Å². The molecule has 0 saturated heterocycles. The summed E-state index contributed by atoms with van der Waals surface area (Å²) in [6, 6.07) is 3.92. The molecule has 2 aromatic rings. The largest absolute Gasteiger partial charge is 0.326 e. The van der Waals surface area contributed by atoms with Crippen molar-refractivity contribution in [1.29, 1.82) is 5.26 Å². The number of hydrogen-bond donors (Lipinski definition) is 2. The van der Waals surface area contributed by atoms with Crippen LogP contribution in [0.5, 0.6) is 0 Å². The van der Waals surface area contributed by atoms with Crippen LogP contribution in [0.3, 0.4) is 0 Å². The molecule has 2 aromatic heterocycles. The van der Waals surface area contributed by atoms with Crippen LogP contribution in [-0.2, 0) is 0 Å². The molecule has 5 nitrogen and oxygen atoms in total. The van der Waals surface area contributed by atoms with Crippen molar-refractivity contribution in [3.05, 3.63) is 28.4 Å². The van der Waals surface area contributed by atoms with Crippen molar-refractivity contribution in [3.63, 3.8) is 0 Å². The van der Waals surface area contributed by atoms with E-state index >= 15 is 0 Å². The van der Waals surface area contributed by atoms with E-state index in [9.17, 15) is 4.79 Å². The van der Waals surface area contributed by atoms with Gasteiger partial charge < -0.3 is 4.98 Å². The topological polar surface area (TPSA) is 74.5 Å². The van der Waals surface area contributed by atoms with Crippen molar-refractivity contribution in [1.82, 2.24) is 14.5 Å². The normalized spacial score (nSPS) is 23.9. The number of H-pyrrole nitrogens is 1. The van der Waals surface area contributed by atoms with Gasteiger partial charge in [0.05, 0.1) is 17.2 Å². The van der Waals surface area contributed by atoms with Gasteiger partial charge in [0.15, 0.2) is 0 Å². The van der Waals surface area contributed by atoms with Crippen LogP contribution in [0.4, 0.5) is 0 Å². The molecule has 0 spiro atoms. The number of rotatable bonds is 2. The summed E-state index contributed by atoms with van der Waals surface area (Å²) >= 11 is 4.53. The summed E-state index contributed by atoms with van der Waals surface area (Å²) in [5.74, 6) is 0.627. The van der Waals surface area contributed by atoms with E-state index in [2.05, 4.69) is 29.5 Å². The summed E-state index contributed by atoms with van der Waals surface area (Å²) in [5, 5.41) is 9.39. The van der Waals surface area contributed by atoms with Gasteiger partial charge in [0.1, 0.15) is 11.8 Å². The predicted molar refractivity (Wildman–Crippen MR) is 84.5 cm³/mol. The Morgan fingerprint density at radius 1 is 1.48 bits per heavy atom. The van der Waals surface area contributed by atoms with Gasteiger partial charge in [0.25, 0.3) is 0 Å². The van der Waals surface area contributed by atoms with E-state index in [1.807, 2.05) is 6.07 Å². The molecule has 0 amide bonds. The van der Waals surface area contributed by atoms with E-state index in [-0.39, 0.29) is 11.7 Å². The molecule has 1 aliphatic rings. The summed E-state index contributed by atoms with van der Waals surface area (Å²) in [6.45, 7) is 2.14. The van der Waals surface area contributed by atoms with Gasteiger partial charge in [-0.2, -0.15) is 17.9 Å². The molecule has 0 bridgehead atoms. The molecule has 3 rings (SSSR count). The third-order valence-electron chi connectivity index (χ3n) is 4.51. The number of aromatic nitrogens is 3. The number of aromatic amines is 1. The van der Waals surface area contributed by atoms with Crippen LogP contribution in [0.1, 0.15) is 44.3 Å². The highest BCUT2D eigenvalue weighted by atomic mass is 32.1. The molecule has 1 atom stereocenters. The third-order valence-corrected chi connectivity index (χ3v) is 4.93. The molecule has 110 valence electrons. The first-order valence-electron chi connectivity index (χ1n) is 7.28. The minimum absolute atomic E-state index is 0.107. The lowest BCUT2D eigenvalue weighted by atomic mass is 9.84. The lowest BCUT2D eigenvalue weighted by Crippen LogP contribution is -2.28. The number of nitrogens with zero attached hydrogens (tertiary/aromatic N) is 3. The molecule has 1 N–H and O–H groups in total. The highest BCUT2D eigenvalue weighted by Gasteiger charge is 2.26. The first-order chi connectivity index (χ1) is 10.1. The number of thiol groups is 1. The Hall–Kier alpha value is -1.74. The van der Waals surface area contributed by atoms with Gasteiger partial charge in [-0.25, -0.2) is 9.78 Å². The zero-order chi connectivity index (χ0) is 15.0. The van der Waals surface area contributed by atoms with Crippen LogP contribution in [-0.4, -0.2) is 19.8 Å². The second-order valence-electron chi connectivity index (χ2n) is 5.81. The van der Waals surface area contributed by atoms with Crippen LogP contribution in [0.25, 0.3) is 11.0 Å². The van der Waals surface area contributed by atoms with Gasteiger partial charge in [-0.1, -0.05) is 6.92 Å². The molecule has 1 fully saturated rings. The number of hydrogen-bond acceptors (Lipinski definition) is 4. The minimum Gasteiger partial charge on any atom is -0.304 e. The average molecular weight is 302 g/mol. The van der Waals surface area contributed by atoms with Crippen LogP contribution in [0.2, 0.25) is 0 Å². The predicted octanol–water partition coefficient (Wildman–Crippen LogP) is 2.65. The Kier molecular flexibility index (Phi) is 3.77. The second-order valence-corrected chi connectivity index (χ2v) is 6.62. The van der Waals surface area contributed by atoms with Crippen molar-refractivity contribution in [2.75, 3.05) is 0 Å². The molecule has 0 radical (unpaired) electrons. The summed E-state index contributed by atoms with van der Waals surface area (Å²) < 4.78 is 1.80. The van der Waals surface area contributed by atoms with Gasteiger partial charge in [-0.15, -0.1) is 0 Å². The minimum atomic E-state index is -0.107. The SMILES string of the molecule is CC(S)C1CCC(n2c(=O)[nH]c3cnc(C#N)cc32)CC1. The van der Waals surface area contributed by atoms with Crippen molar-refractivity contribution in [2.24, 2.45) is 5.92 Å². The van der Waals surface area contributed by atoms with Crippen molar-refractivity contribution in [3.8, 4) is 6.07 Å². The first-order valence-corrected chi connectivity index (χ1v) is 7.80. The average Bonchev–Trinajstić information content (AvgIpc) is 2.82. The molecule has 1 saturated carbocycles. The second kappa shape index (κ2) is 5.57. The van der Waals surface area contributed by atoms with Crippen molar-refractivity contribution in [2.45, 2.75) is 43.9 Å². The van der Waals surface area contributed by atoms with Crippen LogP contribution < -0.4 is 5.69 Å². The Bertz CT molecular complexity index is 747. The summed E-state index contributed by atoms with van der Waals surface area (Å²) in [4.78, 5) is 19.1. The Morgan fingerprint density at radius 3 is 2.81 bits per heavy atom. The molecule has 1 unspecified atom stereocenters. The molecule has 1 aliphatic carbocycles. The lowest BCUT2D eigenvalue weighted by Gasteiger charge is -2.31. The molecule has 0 aliphatic heterocycles. The third kappa shape index (κ3) is 2.58. The van der Waals surface area contributed by atoms with Crippen LogP contribution in [0.15, 0.2) is 17.1 Å². The number of nitriles is 1. The van der Waals surface area contributed by atoms with Gasteiger partial charge in [-0.3, -0.25) is 4.57 Å². The quantitative estimate of drug-likeness (QED) is 0.837. The first kappa shape index (κ1) is 14.2. The molecule has 0 aromatic carbocycles. The standard InChI is InChI=1S/C15H18N4OS/c1-9(21)10-2-4-12(5-3-10)19-14-6-11(7-16)17-8-13(14)18-15(19)20/h6,8-10,12,21H,2-5H2,1H3,(H,18,20). The van der Waals surface area contributed by atoms with Crippen LogP contribution >= 0.6 is 12.6 Å². The number of nitrogens with one attached hydrogen (secondary N) is 1. The Labute approximate surface area is 128 Å². The Morgan fingerprint density at radius 2 is 2.19 bits per heavy atom. The van der Waals surface area contributed by atoms with Crippen molar-refractivity contribution < 1.29 is 0 Å². The molecule has 21 heavy (non-hydrogen) atoms. The van der Waals surface area contributed by atoms with Crippen molar-refractivity contribution >= 4 is 23.7 Å². The van der Waals surface area contributed by atoms with E-state index in [0.717, 1.165) is 31.2 Å². The molecular formula is C15H18N4OS. The maximum absolute atomic E-state index is 12.2. The summed E-state index contributed by atoms with van der Waals surface area (Å²) in [7, 11) is 0. The number of imidazole rings is 1. The van der Waals surface area contributed by atoms with Gasteiger partial charge in [0, 0.05) is 17.4 Å². The zero-order valence-electron chi connectivity index (χ0n) is 11.9. The highest BCUT2D eigenvalue weighted by Crippen LogP contribution is 2.35. The summed E-state index contributed by atoms with van der Waals surface area (Å²) in [6.07, 6.45) is 5.70. The van der Waals surface area contributed by atoms with E-state index < -0.39 is 0 Å². The fourth-order valence-corrected chi connectivity index (χ4v) is 3.59. The van der Waals surface area contributed by atoms with Gasteiger partial charge >= 0.3 is 5.69 Å². The molecule has 2 heterocycles. The smallest absolute Gasteiger partial charge is 0.304 e. The maximum atomic E-state index is 12.2. The van der Waals surface area contributed by atoms with Crippen LogP contribution in [0, 0.1) is 17.2 Å². The maximum Gasteiger partial charge on any atom is 0.326 e. The molecular weight excluding hydrogens is 284 g/mol. The molecule has 6 heteroatoms. The number of fused-ring (bicyclic) bond motifs is 1. The zero-order valence-corrected chi connectivity index (χ0v) is 12.8. The Balaban J connectivity index is 1.96. The van der Waals surface area contributed by atoms with E-state index in [1.54, 1.807) is 16.8 Å². The monoisotopic (exact) mass is 302 g/mol. The fraction of sp³-hybridized carbons (Fsp3) is 0.533. The van der Waals surface area contributed by atoms with E-state index in [1.165, 1.54) is 0 Å². The van der Waals surface area contributed by atoms with E-state index in [0.29, 0.717) is 22.4 Å². The highest BCUT2D eigenvalue weighted by molar-refractivity contribution is 7.80. The van der Waals surface area contributed by atoms with Gasteiger partial charge in [-0.05, 0) is 31.6 Å².